The van der Waals surface area contributed by atoms with Crippen LogP contribution in [0.1, 0.15) is 26.3 Å². The molecule has 0 bridgehead atoms. The topological polar surface area (TPSA) is 83.9 Å². The van der Waals surface area contributed by atoms with Crippen molar-refractivity contribution in [1.82, 2.24) is 0 Å². The smallest absolute Gasteiger partial charge is 0.346 e. The van der Waals surface area contributed by atoms with Gasteiger partial charge in [0, 0.05) is 0 Å². The molecular weight excluding hydrogens is 294 g/mol. The molecule has 7 heteroatoms. The molecule has 2 rings (SSSR count). The van der Waals surface area contributed by atoms with Crippen LogP contribution in [0.5, 0.6) is 5.75 Å². The van der Waals surface area contributed by atoms with Crippen LogP contribution in [0.4, 0.5) is 5.69 Å². The third-order valence-corrected chi connectivity index (χ3v) is 4.52. The van der Waals surface area contributed by atoms with Gasteiger partial charge in [-0.3, -0.25) is 4.31 Å². The molecule has 1 aliphatic heterocycles. The third kappa shape index (κ3) is 3.12. The molecule has 1 atom stereocenters. The lowest BCUT2D eigenvalue weighted by Gasteiger charge is -2.34. The van der Waals surface area contributed by atoms with Crippen molar-refractivity contribution in [2.45, 2.75) is 32.3 Å². The van der Waals surface area contributed by atoms with Crippen molar-refractivity contribution in [1.29, 1.82) is 0 Å². The molecule has 0 fully saturated rings. The quantitative estimate of drug-likeness (QED) is 0.896. The van der Waals surface area contributed by atoms with Crippen molar-refractivity contribution >= 4 is 21.7 Å². The highest BCUT2D eigenvalue weighted by Gasteiger charge is 2.35. The second kappa shape index (κ2) is 4.91. The standard InChI is InChI=1S/C14H19NO5S/c1-14(2,3)9-5-6-11-10(7-9)15(21(4,18)19)8-12(20-11)13(16)17/h5-7,12H,8H2,1-4H3,(H,16,17). The Kier molecular flexibility index (Phi) is 3.65. The van der Waals surface area contributed by atoms with Crippen LogP contribution < -0.4 is 9.04 Å². The van der Waals surface area contributed by atoms with E-state index in [1.165, 1.54) is 0 Å². The van der Waals surface area contributed by atoms with Gasteiger partial charge in [0.05, 0.1) is 18.5 Å². The van der Waals surface area contributed by atoms with E-state index in [9.17, 15) is 13.2 Å². The van der Waals surface area contributed by atoms with Crippen LogP contribution in [0, 0.1) is 0 Å². The van der Waals surface area contributed by atoms with Crippen molar-refractivity contribution in [3.63, 3.8) is 0 Å². The number of hydrogen-bond donors (Lipinski definition) is 1. The third-order valence-electron chi connectivity index (χ3n) is 3.37. The molecule has 1 N–H and O–H groups in total. The number of carboxylic acids is 1. The lowest BCUT2D eigenvalue weighted by Crippen LogP contribution is -2.46. The van der Waals surface area contributed by atoms with Crippen molar-refractivity contribution in [3.05, 3.63) is 23.8 Å². The van der Waals surface area contributed by atoms with Crippen molar-refractivity contribution in [3.8, 4) is 5.75 Å². The maximum absolute atomic E-state index is 12.0. The molecule has 1 aliphatic rings. The van der Waals surface area contributed by atoms with Gasteiger partial charge < -0.3 is 9.84 Å². The van der Waals surface area contributed by atoms with Crippen LogP contribution in [-0.2, 0) is 20.2 Å². The van der Waals surface area contributed by atoms with Gasteiger partial charge in [0.25, 0.3) is 0 Å². The van der Waals surface area contributed by atoms with E-state index in [4.69, 9.17) is 9.84 Å². The number of carboxylic acid groups (broad SMARTS) is 1. The number of benzene rings is 1. The highest BCUT2D eigenvalue weighted by atomic mass is 32.2. The molecule has 0 radical (unpaired) electrons. The number of carbonyl (C=O) groups is 1. The summed E-state index contributed by atoms with van der Waals surface area (Å²) in [5, 5.41) is 9.08. The van der Waals surface area contributed by atoms with Gasteiger partial charge in [0.1, 0.15) is 5.75 Å². The van der Waals surface area contributed by atoms with E-state index in [0.717, 1.165) is 16.1 Å². The van der Waals surface area contributed by atoms with E-state index in [2.05, 4.69) is 0 Å². The second-order valence-electron chi connectivity index (χ2n) is 6.17. The molecule has 0 aliphatic carbocycles. The predicted molar refractivity (Wildman–Crippen MR) is 79.4 cm³/mol. The number of fused-ring (bicyclic) bond motifs is 1. The average Bonchev–Trinajstić information content (AvgIpc) is 2.34. The SMILES string of the molecule is CC(C)(C)c1ccc2c(c1)N(S(C)(=O)=O)CC(C(=O)O)O2. The number of anilines is 1. The van der Waals surface area contributed by atoms with Gasteiger partial charge in [0.15, 0.2) is 0 Å². The molecule has 0 spiro atoms. The maximum Gasteiger partial charge on any atom is 0.346 e. The average molecular weight is 313 g/mol. The Morgan fingerprint density at radius 2 is 2.00 bits per heavy atom. The zero-order valence-corrected chi connectivity index (χ0v) is 13.3. The minimum Gasteiger partial charge on any atom is -0.478 e. The molecule has 116 valence electrons. The Hall–Kier alpha value is -1.76. The molecule has 0 aromatic heterocycles. The van der Waals surface area contributed by atoms with E-state index in [1.54, 1.807) is 12.1 Å². The molecule has 1 heterocycles. The fraction of sp³-hybridized carbons (Fsp3) is 0.500. The van der Waals surface area contributed by atoms with Crippen molar-refractivity contribution in [2.24, 2.45) is 0 Å². The zero-order valence-electron chi connectivity index (χ0n) is 12.5. The van der Waals surface area contributed by atoms with Gasteiger partial charge >= 0.3 is 5.97 Å². The number of ether oxygens (including phenoxy) is 1. The van der Waals surface area contributed by atoms with Crippen LogP contribution in [0.3, 0.4) is 0 Å². The van der Waals surface area contributed by atoms with Gasteiger partial charge in [-0.2, -0.15) is 0 Å². The number of hydrogen-bond acceptors (Lipinski definition) is 4. The molecule has 1 aromatic rings. The first-order chi connectivity index (χ1) is 9.50. The molecule has 0 amide bonds. The molecule has 6 nitrogen and oxygen atoms in total. The highest BCUT2D eigenvalue weighted by Crippen LogP contribution is 2.38. The summed E-state index contributed by atoms with van der Waals surface area (Å²) in [5.41, 5.74) is 1.19. The van der Waals surface area contributed by atoms with Gasteiger partial charge in [-0.05, 0) is 23.1 Å². The summed E-state index contributed by atoms with van der Waals surface area (Å²) in [6.07, 6.45) is -0.141. The first-order valence-corrected chi connectivity index (χ1v) is 8.36. The van der Waals surface area contributed by atoms with Gasteiger partial charge in [-0.25, -0.2) is 13.2 Å². The lowest BCUT2D eigenvalue weighted by molar-refractivity contribution is -0.144. The Morgan fingerprint density at radius 1 is 1.38 bits per heavy atom. The Morgan fingerprint density at radius 3 is 2.48 bits per heavy atom. The molecule has 21 heavy (non-hydrogen) atoms. The molecule has 1 unspecified atom stereocenters. The van der Waals surface area contributed by atoms with Gasteiger partial charge in [0.2, 0.25) is 16.1 Å². The summed E-state index contributed by atoms with van der Waals surface area (Å²) >= 11 is 0. The largest absolute Gasteiger partial charge is 0.478 e. The molecule has 1 aromatic carbocycles. The lowest BCUT2D eigenvalue weighted by atomic mass is 9.86. The second-order valence-corrected chi connectivity index (χ2v) is 8.08. The summed E-state index contributed by atoms with van der Waals surface area (Å²) in [4.78, 5) is 11.1. The van der Waals surface area contributed by atoms with Crippen molar-refractivity contribution in [2.75, 3.05) is 17.1 Å². The van der Waals surface area contributed by atoms with Crippen molar-refractivity contribution < 1.29 is 23.1 Å². The van der Waals surface area contributed by atoms with Gasteiger partial charge in [-0.15, -0.1) is 0 Å². The summed E-state index contributed by atoms with van der Waals surface area (Å²) in [6, 6.07) is 5.20. The van der Waals surface area contributed by atoms with E-state index in [-0.39, 0.29) is 17.7 Å². The van der Waals surface area contributed by atoms with E-state index in [1.807, 2.05) is 26.8 Å². The number of sulfonamides is 1. The normalized spacial score (nSPS) is 18.9. The van der Waals surface area contributed by atoms with Crippen LogP contribution in [0.2, 0.25) is 0 Å². The van der Waals surface area contributed by atoms with Crippen LogP contribution >= 0.6 is 0 Å². The van der Waals surface area contributed by atoms with E-state index >= 15 is 0 Å². The summed E-state index contributed by atoms with van der Waals surface area (Å²) in [5.74, 6) is -0.915. The number of rotatable bonds is 2. The summed E-state index contributed by atoms with van der Waals surface area (Å²) in [7, 11) is -3.58. The van der Waals surface area contributed by atoms with Crippen LogP contribution in [0.25, 0.3) is 0 Å². The van der Waals surface area contributed by atoms with Crippen LogP contribution in [-0.4, -0.2) is 38.4 Å². The first kappa shape index (κ1) is 15.6. The monoisotopic (exact) mass is 313 g/mol. The Bertz CT molecular complexity index is 675. The van der Waals surface area contributed by atoms with Gasteiger partial charge in [-0.1, -0.05) is 26.8 Å². The minimum absolute atomic E-state index is 0.151. The fourth-order valence-corrected chi connectivity index (χ4v) is 3.07. The van der Waals surface area contributed by atoms with Crippen LogP contribution in [0.15, 0.2) is 18.2 Å². The Labute approximate surface area is 124 Å². The molecular formula is C14H19NO5S. The zero-order chi connectivity index (χ0) is 16.0. The molecule has 0 saturated heterocycles. The predicted octanol–water partition coefficient (Wildman–Crippen LogP) is 1.60. The Balaban J connectivity index is 2.58. The fourth-order valence-electron chi connectivity index (χ4n) is 2.16. The first-order valence-electron chi connectivity index (χ1n) is 6.52. The summed E-state index contributed by atoms with van der Waals surface area (Å²) < 4.78 is 30.4. The van der Waals surface area contributed by atoms with E-state index in [0.29, 0.717) is 5.69 Å². The summed E-state index contributed by atoms with van der Waals surface area (Å²) in [6.45, 7) is 5.82. The number of aliphatic carboxylic acids is 1. The minimum atomic E-state index is -3.58. The molecule has 0 saturated carbocycles. The highest BCUT2D eigenvalue weighted by molar-refractivity contribution is 7.92. The number of nitrogens with zero attached hydrogens (tertiary/aromatic N) is 1. The maximum atomic E-state index is 12.0. The van der Waals surface area contributed by atoms with E-state index < -0.39 is 22.1 Å².